The van der Waals surface area contributed by atoms with Gasteiger partial charge >= 0.3 is 11.7 Å². The standard InChI is InChI=1S/C25H23N3O5/c1-15(2)33-20-14-18(13-19(24(20)29)28(31)32)23-21(16-9-5-3-6-10-16)22(26-25(30)27-23)17-11-7-4-8-12-17/h3-15,23,29H,1-2H3,(H2,26,27,30). The Kier molecular flexibility index (Phi) is 5.99. The van der Waals surface area contributed by atoms with Crippen LogP contribution in [0.5, 0.6) is 11.5 Å². The van der Waals surface area contributed by atoms with Crippen molar-refractivity contribution in [1.29, 1.82) is 0 Å². The van der Waals surface area contributed by atoms with Crippen molar-refractivity contribution in [3.8, 4) is 11.5 Å². The quantitative estimate of drug-likeness (QED) is 0.365. The summed E-state index contributed by atoms with van der Waals surface area (Å²) in [7, 11) is 0. The second kappa shape index (κ2) is 9.04. The Labute approximate surface area is 190 Å². The molecule has 33 heavy (non-hydrogen) atoms. The summed E-state index contributed by atoms with van der Waals surface area (Å²) in [5, 5.41) is 27.9. The van der Waals surface area contributed by atoms with E-state index in [0.29, 0.717) is 11.3 Å². The number of nitrogens with zero attached hydrogens (tertiary/aromatic N) is 1. The van der Waals surface area contributed by atoms with E-state index in [4.69, 9.17) is 4.74 Å². The van der Waals surface area contributed by atoms with Crippen molar-refractivity contribution < 1.29 is 19.6 Å². The molecule has 0 fully saturated rings. The Morgan fingerprint density at radius 1 is 1.00 bits per heavy atom. The highest BCUT2D eigenvalue weighted by molar-refractivity contribution is 6.03. The van der Waals surface area contributed by atoms with Gasteiger partial charge in [0.2, 0.25) is 5.75 Å². The number of nitro benzene ring substituents is 1. The molecule has 1 aliphatic heterocycles. The van der Waals surface area contributed by atoms with E-state index in [9.17, 15) is 20.0 Å². The van der Waals surface area contributed by atoms with Gasteiger partial charge < -0.3 is 20.5 Å². The van der Waals surface area contributed by atoms with E-state index >= 15 is 0 Å². The molecule has 0 aliphatic carbocycles. The lowest BCUT2D eigenvalue weighted by Crippen LogP contribution is -2.43. The average molecular weight is 445 g/mol. The molecule has 1 unspecified atom stereocenters. The number of aromatic hydroxyl groups is 1. The number of phenols is 1. The number of hydrogen-bond acceptors (Lipinski definition) is 5. The number of carbonyl (C=O) groups is 1. The number of benzene rings is 3. The van der Waals surface area contributed by atoms with Crippen LogP contribution in [0, 0.1) is 10.1 Å². The van der Waals surface area contributed by atoms with Crippen LogP contribution in [-0.2, 0) is 0 Å². The van der Waals surface area contributed by atoms with Crippen LogP contribution in [0.15, 0.2) is 72.8 Å². The van der Waals surface area contributed by atoms with Gasteiger partial charge in [-0.2, -0.15) is 0 Å². The first-order chi connectivity index (χ1) is 15.8. The first-order valence-corrected chi connectivity index (χ1v) is 10.5. The number of nitrogens with one attached hydrogen (secondary N) is 2. The van der Waals surface area contributed by atoms with Gasteiger partial charge in [0.15, 0.2) is 5.75 Å². The summed E-state index contributed by atoms with van der Waals surface area (Å²) in [5.74, 6) is -0.568. The molecular formula is C25H23N3O5. The fraction of sp³-hybridized carbons (Fsp3) is 0.160. The Morgan fingerprint density at radius 2 is 1.61 bits per heavy atom. The van der Waals surface area contributed by atoms with Crippen LogP contribution in [0.4, 0.5) is 10.5 Å². The highest BCUT2D eigenvalue weighted by atomic mass is 16.6. The molecular weight excluding hydrogens is 422 g/mol. The third-order valence-corrected chi connectivity index (χ3v) is 5.19. The molecule has 0 aromatic heterocycles. The topological polar surface area (TPSA) is 114 Å². The zero-order valence-corrected chi connectivity index (χ0v) is 18.1. The molecule has 0 spiro atoms. The van der Waals surface area contributed by atoms with Gasteiger partial charge in [0.1, 0.15) is 0 Å². The summed E-state index contributed by atoms with van der Waals surface area (Å²) >= 11 is 0. The SMILES string of the molecule is CC(C)Oc1cc(C2NC(=O)NC(c3ccccc3)=C2c2ccccc2)cc([N+](=O)[O-])c1O. The van der Waals surface area contributed by atoms with E-state index in [1.54, 1.807) is 13.8 Å². The Balaban J connectivity index is 1.98. The number of phenolic OH excluding ortho intramolecular Hbond substituents is 1. The van der Waals surface area contributed by atoms with Gasteiger partial charge in [-0.3, -0.25) is 10.1 Å². The molecule has 3 aromatic rings. The normalized spacial score (nSPS) is 15.7. The van der Waals surface area contributed by atoms with Crippen LogP contribution in [0.2, 0.25) is 0 Å². The van der Waals surface area contributed by atoms with Crippen molar-refractivity contribution in [2.75, 3.05) is 0 Å². The minimum atomic E-state index is -0.731. The van der Waals surface area contributed by atoms with Crippen LogP contribution in [-0.4, -0.2) is 22.2 Å². The summed E-state index contributed by atoms with van der Waals surface area (Å²) < 4.78 is 5.65. The minimum absolute atomic E-state index is 0.0179. The maximum Gasteiger partial charge on any atom is 0.320 e. The summed E-state index contributed by atoms with van der Waals surface area (Å²) in [5.41, 5.74) is 2.87. The molecule has 8 nitrogen and oxygen atoms in total. The molecule has 0 saturated carbocycles. The molecule has 0 radical (unpaired) electrons. The van der Waals surface area contributed by atoms with Gasteiger partial charge in [-0.1, -0.05) is 60.7 Å². The van der Waals surface area contributed by atoms with E-state index < -0.39 is 28.4 Å². The molecule has 1 aliphatic rings. The van der Waals surface area contributed by atoms with Crippen molar-refractivity contribution in [1.82, 2.24) is 10.6 Å². The van der Waals surface area contributed by atoms with Crippen LogP contribution in [0.1, 0.15) is 36.6 Å². The van der Waals surface area contributed by atoms with Gasteiger partial charge in [-0.15, -0.1) is 0 Å². The summed E-state index contributed by atoms with van der Waals surface area (Å²) in [6.07, 6.45) is -0.322. The lowest BCUT2D eigenvalue weighted by Gasteiger charge is -2.31. The summed E-state index contributed by atoms with van der Waals surface area (Å²) in [4.78, 5) is 23.7. The first-order valence-electron chi connectivity index (χ1n) is 10.5. The smallest absolute Gasteiger partial charge is 0.320 e. The van der Waals surface area contributed by atoms with Gasteiger partial charge in [0.05, 0.1) is 22.8 Å². The van der Waals surface area contributed by atoms with Gasteiger partial charge in [0, 0.05) is 11.6 Å². The number of carbonyl (C=O) groups excluding carboxylic acids is 1. The van der Waals surface area contributed by atoms with Crippen LogP contribution >= 0.6 is 0 Å². The number of hydrogen-bond donors (Lipinski definition) is 3. The maximum atomic E-state index is 12.7. The van der Waals surface area contributed by atoms with Crippen LogP contribution in [0.3, 0.4) is 0 Å². The van der Waals surface area contributed by atoms with E-state index in [0.717, 1.165) is 16.7 Å². The number of rotatable bonds is 6. The molecule has 8 heteroatoms. The largest absolute Gasteiger partial charge is 0.500 e. The van der Waals surface area contributed by atoms with Crippen molar-refractivity contribution in [2.24, 2.45) is 0 Å². The second-order valence-corrected chi connectivity index (χ2v) is 7.86. The number of amides is 2. The lowest BCUT2D eigenvalue weighted by atomic mass is 9.87. The molecule has 3 aromatic carbocycles. The zero-order chi connectivity index (χ0) is 23.5. The van der Waals surface area contributed by atoms with Crippen LogP contribution in [0.25, 0.3) is 11.3 Å². The third-order valence-electron chi connectivity index (χ3n) is 5.19. The monoisotopic (exact) mass is 445 g/mol. The van der Waals surface area contributed by atoms with Crippen molar-refractivity contribution in [3.63, 3.8) is 0 Å². The summed E-state index contributed by atoms with van der Waals surface area (Å²) in [6, 6.07) is 20.5. The van der Waals surface area contributed by atoms with Crippen molar-refractivity contribution in [2.45, 2.75) is 26.0 Å². The highest BCUT2D eigenvalue weighted by Crippen LogP contribution is 2.44. The Hall–Kier alpha value is -4.33. The van der Waals surface area contributed by atoms with E-state index in [2.05, 4.69) is 10.6 Å². The molecule has 2 amide bonds. The fourth-order valence-corrected chi connectivity index (χ4v) is 3.84. The van der Waals surface area contributed by atoms with Gasteiger partial charge in [-0.25, -0.2) is 4.79 Å². The van der Waals surface area contributed by atoms with Crippen molar-refractivity contribution >= 4 is 23.0 Å². The van der Waals surface area contributed by atoms with Crippen LogP contribution < -0.4 is 15.4 Å². The molecule has 1 atom stereocenters. The second-order valence-electron chi connectivity index (χ2n) is 7.86. The first kappa shape index (κ1) is 21.9. The zero-order valence-electron chi connectivity index (χ0n) is 18.1. The Morgan fingerprint density at radius 3 is 2.18 bits per heavy atom. The lowest BCUT2D eigenvalue weighted by molar-refractivity contribution is -0.386. The number of urea groups is 1. The summed E-state index contributed by atoms with van der Waals surface area (Å²) in [6.45, 7) is 3.51. The molecule has 4 rings (SSSR count). The molecule has 168 valence electrons. The van der Waals surface area contributed by atoms with Gasteiger partial charge in [0.25, 0.3) is 0 Å². The molecule has 1 heterocycles. The number of ether oxygens (including phenoxy) is 1. The Bertz CT molecular complexity index is 1220. The predicted molar refractivity (Wildman–Crippen MR) is 125 cm³/mol. The fourth-order valence-electron chi connectivity index (χ4n) is 3.84. The highest BCUT2D eigenvalue weighted by Gasteiger charge is 2.33. The average Bonchev–Trinajstić information content (AvgIpc) is 2.80. The molecule has 0 bridgehead atoms. The minimum Gasteiger partial charge on any atom is -0.500 e. The third kappa shape index (κ3) is 4.50. The van der Waals surface area contributed by atoms with Gasteiger partial charge in [-0.05, 0) is 36.6 Å². The van der Waals surface area contributed by atoms with E-state index in [1.165, 1.54) is 12.1 Å². The van der Waals surface area contributed by atoms with E-state index in [-0.39, 0.29) is 11.9 Å². The van der Waals surface area contributed by atoms with E-state index in [1.807, 2.05) is 60.7 Å². The molecule has 0 saturated heterocycles. The molecule has 3 N–H and O–H groups in total. The number of nitro groups is 1. The van der Waals surface area contributed by atoms with Crippen molar-refractivity contribution in [3.05, 3.63) is 99.6 Å². The predicted octanol–water partition coefficient (Wildman–Crippen LogP) is 5.01. The maximum absolute atomic E-state index is 12.7.